The van der Waals surface area contributed by atoms with Crippen LogP contribution in [0.15, 0.2) is 48.7 Å². The van der Waals surface area contributed by atoms with Crippen LogP contribution < -0.4 is 4.90 Å². The van der Waals surface area contributed by atoms with E-state index in [1.54, 1.807) is 16.7 Å². The van der Waals surface area contributed by atoms with Crippen molar-refractivity contribution in [2.75, 3.05) is 11.4 Å². The Hall–Kier alpha value is -4.25. The Morgan fingerprint density at radius 2 is 1.97 bits per heavy atom. The molecule has 32 heavy (non-hydrogen) atoms. The number of aromatic nitrogens is 6. The third-order valence-electron chi connectivity index (χ3n) is 5.81. The van der Waals surface area contributed by atoms with Gasteiger partial charge in [-0.25, -0.2) is 4.39 Å². The molecule has 1 aliphatic rings. The Bertz CT molecular complexity index is 1540. The number of nitrogens with zero attached hydrogens (tertiary/aromatic N) is 6. The van der Waals surface area contributed by atoms with E-state index in [1.807, 2.05) is 37.3 Å². The highest BCUT2D eigenvalue weighted by Gasteiger charge is 2.25. The van der Waals surface area contributed by atoms with Crippen LogP contribution in [0.25, 0.3) is 16.7 Å². The molecule has 4 heterocycles. The normalized spacial score (nSPS) is 13.2. The zero-order valence-electron chi connectivity index (χ0n) is 17.3. The SMILES string of the molecule is Cc1nnc2nc(N3CCCc4c(C#Cc5ccn[nH]5)cccc43)c3c(F)cccc3n12. The van der Waals surface area contributed by atoms with Crippen molar-refractivity contribution in [3.63, 3.8) is 0 Å². The second-order valence-corrected chi connectivity index (χ2v) is 7.73. The quantitative estimate of drug-likeness (QED) is 0.414. The van der Waals surface area contributed by atoms with Gasteiger partial charge in [-0.05, 0) is 61.6 Å². The van der Waals surface area contributed by atoms with Crippen LogP contribution in [-0.4, -0.2) is 36.3 Å². The monoisotopic (exact) mass is 423 g/mol. The lowest BCUT2D eigenvalue weighted by atomic mass is 9.96. The lowest BCUT2D eigenvalue weighted by molar-refractivity contribution is 0.638. The first-order valence-electron chi connectivity index (χ1n) is 10.4. The molecule has 1 N–H and O–H groups in total. The van der Waals surface area contributed by atoms with Gasteiger partial charge >= 0.3 is 0 Å². The number of nitrogens with one attached hydrogen (secondary N) is 1. The lowest BCUT2D eigenvalue weighted by Gasteiger charge is -2.32. The first-order chi connectivity index (χ1) is 15.7. The summed E-state index contributed by atoms with van der Waals surface area (Å²) >= 11 is 0. The molecular weight excluding hydrogens is 405 g/mol. The smallest absolute Gasteiger partial charge is 0.257 e. The molecule has 0 spiro atoms. The third-order valence-corrected chi connectivity index (χ3v) is 5.81. The van der Waals surface area contributed by atoms with Gasteiger partial charge in [-0.2, -0.15) is 10.1 Å². The van der Waals surface area contributed by atoms with Crippen molar-refractivity contribution in [2.45, 2.75) is 19.8 Å². The summed E-state index contributed by atoms with van der Waals surface area (Å²) in [6.45, 7) is 2.57. The van der Waals surface area contributed by atoms with Crippen molar-refractivity contribution in [3.8, 4) is 11.8 Å². The van der Waals surface area contributed by atoms with Crippen LogP contribution in [0, 0.1) is 24.6 Å². The van der Waals surface area contributed by atoms with Gasteiger partial charge in [0.15, 0.2) is 0 Å². The van der Waals surface area contributed by atoms with E-state index in [1.165, 1.54) is 6.07 Å². The van der Waals surface area contributed by atoms with Gasteiger partial charge in [-0.3, -0.25) is 9.50 Å². The Kier molecular flexibility index (Phi) is 4.15. The third kappa shape index (κ3) is 2.82. The molecule has 0 bridgehead atoms. The van der Waals surface area contributed by atoms with E-state index in [0.29, 0.717) is 28.3 Å². The number of rotatable bonds is 1. The molecule has 0 atom stereocenters. The summed E-state index contributed by atoms with van der Waals surface area (Å²) in [5, 5.41) is 15.6. The first-order valence-corrected chi connectivity index (χ1v) is 10.4. The Labute approximate surface area is 182 Å². The van der Waals surface area contributed by atoms with Crippen LogP contribution >= 0.6 is 0 Å². The fourth-order valence-corrected chi connectivity index (χ4v) is 4.39. The minimum absolute atomic E-state index is 0.317. The average molecular weight is 423 g/mol. The lowest BCUT2D eigenvalue weighted by Crippen LogP contribution is -2.26. The molecule has 156 valence electrons. The van der Waals surface area contributed by atoms with Crippen LogP contribution in [0.3, 0.4) is 0 Å². The van der Waals surface area contributed by atoms with Gasteiger partial charge in [0.25, 0.3) is 5.78 Å². The second kappa shape index (κ2) is 7.17. The topological polar surface area (TPSA) is 75.0 Å². The standard InChI is InChI=1S/C24H18FN7/c1-15-28-30-24-27-23(22-19(25)7-3-9-21(22)32(15)24)31-14-4-6-18-16(5-2-8-20(18)31)10-11-17-12-13-26-29-17/h2-3,5,7-9,12-13H,4,6,14H2,1H3,(H,26,29). The van der Waals surface area contributed by atoms with Crippen molar-refractivity contribution >= 4 is 28.2 Å². The molecule has 0 aliphatic carbocycles. The summed E-state index contributed by atoms with van der Waals surface area (Å²) in [5.74, 6) is 7.75. The molecule has 1 aliphatic heterocycles. The minimum Gasteiger partial charge on any atom is -0.325 e. The number of hydrogen-bond acceptors (Lipinski definition) is 5. The molecule has 0 saturated heterocycles. The maximum absolute atomic E-state index is 15.1. The van der Waals surface area contributed by atoms with Gasteiger partial charge in [0.1, 0.15) is 23.2 Å². The van der Waals surface area contributed by atoms with E-state index in [4.69, 9.17) is 4.98 Å². The number of H-pyrrole nitrogens is 1. The van der Waals surface area contributed by atoms with Crippen molar-refractivity contribution in [2.24, 2.45) is 0 Å². The minimum atomic E-state index is -0.317. The Balaban J connectivity index is 1.56. The molecule has 2 aromatic carbocycles. The highest BCUT2D eigenvalue weighted by molar-refractivity contribution is 5.94. The number of benzene rings is 2. The fraction of sp³-hybridized carbons (Fsp3) is 0.167. The highest BCUT2D eigenvalue weighted by Crippen LogP contribution is 2.38. The zero-order valence-corrected chi connectivity index (χ0v) is 17.3. The number of hydrogen-bond donors (Lipinski definition) is 1. The summed E-state index contributed by atoms with van der Waals surface area (Å²) < 4.78 is 16.9. The maximum Gasteiger partial charge on any atom is 0.257 e. The van der Waals surface area contributed by atoms with Crippen LogP contribution in [0.1, 0.15) is 29.1 Å². The summed E-state index contributed by atoms with van der Waals surface area (Å²) in [6, 6.07) is 12.9. The fourth-order valence-electron chi connectivity index (χ4n) is 4.39. The number of aromatic amines is 1. The molecule has 0 saturated carbocycles. The van der Waals surface area contributed by atoms with Crippen LogP contribution in [-0.2, 0) is 6.42 Å². The molecule has 5 aromatic rings. The predicted octanol–water partition coefficient (Wildman–Crippen LogP) is 3.93. The summed E-state index contributed by atoms with van der Waals surface area (Å²) in [5.41, 5.74) is 4.54. The molecule has 8 heteroatoms. The zero-order chi connectivity index (χ0) is 21.7. The molecule has 0 fully saturated rings. The van der Waals surface area contributed by atoms with Crippen molar-refractivity contribution in [1.82, 2.24) is 29.8 Å². The number of fused-ring (bicyclic) bond motifs is 4. The summed E-state index contributed by atoms with van der Waals surface area (Å²) in [7, 11) is 0. The Morgan fingerprint density at radius 3 is 2.84 bits per heavy atom. The number of aryl methyl sites for hydroxylation is 1. The molecule has 0 unspecified atom stereocenters. The van der Waals surface area contributed by atoms with E-state index in [2.05, 4.69) is 37.1 Å². The van der Waals surface area contributed by atoms with E-state index in [9.17, 15) is 0 Å². The average Bonchev–Trinajstić information content (AvgIpc) is 3.47. The maximum atomic E-state index is 15.1. The summed E-state index contributed by atoms with van der Waals surface area (Å²) in [4.78, 5) is 6.83. The number of halogens is 1. The molecule has 0 amide bonds. The van der Waals surface area contributed by atoms with E-state index in [0.717, 1.165) is 41.9 Å². The predicted molar refractivity (Wildman–Crippen MR) is 119 cm³/mol. The summed E-state index contributed by atoms with van der Waals surface area (Å²) in [6.07, 6.45) is 3.48. The van der Waals surface area contributed by atoms with Gasteiger partial charge in [0, 0.05) is 24.0 Å². The highest BCUT2D eigenvalue weighted by atomic mass is 19.1. The van der Waals surface area contributed by atoms with Gasteiger partial charge in [-0.15, -0.1) is 10.2 Å². The molecular formula is C24H18FN7. The number of anilines is 2. The van der Waals surface area contributed by atoms with Crippen molar-refractivity contribution < 1.29 is 4.39 Å². The van der Waals surface area contributed by atoms with E-state index >= 15 is 4.39 Å². The van der Waals surface area contributed by atoms with Gasteiger partial charge < -0.3 is 4.90 Å². The largest absolute Gasteiger partial charge is 0.325 e. The van der Waals surface area contributed by atoms with Crippen molar-refractivity contribution in [3.05, 3.63) is 77.1 Å². The Morgan fingerprint density at radius 1 is 1.06 bits per heavy atom. The van der Waals surface area contributed by atoms with E-state index in [-0.39, 0.29) is 5.82 Å². The van der Waals surface area contributed by atoms with Gasteiger partial charge in [0.05, 0.1) is 10.9 Å². The van der Waals surface area contributed by atoms with E-state index < -0.39 is 0 Å². The first kappa shape index (κ1) is 18.5. The van der Waals surface area contributed by atoms with Gasteiger partial charge in [-0.1, -0.05) is 18.1 Å². The molecule has 0 radical (unpaired) electrons. The van der Waals surface area contributed by atoms with Gasteiger partial charge in [0.2, 0.25) is 0 Å². The molecule has 3 aromatic heterocycles. The molecule has 7 nitrogen and oxygen atoms in total. The second-order valence-electron chi connectivity index (χ2n) is 7.73. The molecule has 6 rings (SSSR count). The van der Waals surface area contributed by atoms with Crippen LogP contribution in [0.4, 0.5) is 15.9 Å². The van der Waals surface area contributed by atoms with Crippen LogP contribution in [0.5, 0.6) is 0 Å². The van der Waals surface area contributed by atoms with Crippen molar-refractivity contribution in [1.29, 1.82) is 0 Å². The van der Waals surface area contributed by atoms with Crippen LogP contribution in [0.2, 0.25) is 0 Å².